The minimum absolute atomic E-state index is 0.336. The summed E-state index contributed by atoms with van der Waals surface area (Å²) in [6.07, 6.45) is 3.37. The summed E-state index contributed by atoms with van der Waals surface area (Å²) in [5, 5.41) is 5.87. The van der Waals surface area contributed by atoms with E-state index in [9.17, 15) is 9.18 Å². The molecule has 1 amide bonds. The molecule has 2 N–H and O–H groups in total. The Balaban J connectivity index is 1.58. The van der Waals surface area contributed by atoms with Crippen molar-refractivity contribution in [3.05, 3.63) is 84.1 Å². The van der Waals surface area contributed by atoms with Gasteiger partial charge in [0.2, 0.25) is 0 Å². The van der Waals surface area contributed by atoms with Gasteiger partial charge in [-0.15, -0.1) is 0 Å². The number of nitrogens with one attached hydrogen (secondary N) is 2. The highest BCUT2D eigenvalue weighted by atomic mass is 19.1. The Morgan fingerprint density at radius 1 is 1.00 bits per heavy atom. The van der Waals surface area contributed by atoms with Gasteiger partial charge in [0.25, 0.3) is 5.91 Å². The third-order valence-corrected chi connectivity index (χ3v) is 3.31. The van der Waals surface area contributed by atoms with E-state index in [4.69, 9.17) is 0 Å². The fourth-order valence-electron chi connectivity index (χ4n) is 2.06. The third-order valence-electron chi connectivity index (χ3n) is 3.31. The smallest absolute Gasteiger partial charge is 0.256 e. The molecule has 3 rings (SSSR count). The Morgan fingerprint density at radius 2 is 1.83 bits per heavy atom. The second-order valence-electron chi connectivity index (χ2n) is 5.07. The van der Waals surface area contributed by atoms with Crippen LogP contribution in [0, 0.1) is 5.82 Å². The molecule has 2 heterocycles. The van der Waals surface area contributed by atoms with E-state index < -0.39 is 0 Å². The lowest BCUT2D eigenvalue weighted by Crippen LogP contribution is -2.13. The number of carbonyl (C=O) groups excluding carboxylic acids is 1. The third kappa shape index (κ3) is 4.13. The highest BCUT2D eigenvalue weighted by Gasteiger charge is 2.06. The Morgan fingerprint density at radius 3 is 2.50 bits per heavy atom. The molecule has 1 aromatic carbocycles. The average Bonchev–Trinajstić information content (AvgIpc) is 2.62. The molecule has 2 aromatic heterocycles. The van der Waals surface area contributed by atoms with Crippen LogP contribution in [0.1, 0.15) is 16.1 Å². The average molecular weight is 322 g/mol. The van der Waals surface area contributed by atoms with Crippen molar-refractivity contribution in [3.63, 3.8) is 0 Å². The zero-order valence-electron chi connectivity index (χ0n) is 12.7. The topological polar surface area (TPSA) is 66.9 Å². The lowest BCUT2D eigenvalue weighted by Gasteiger charge is -2.08. The van der Waals surface area contributed by atoms with Gasteiger partial charge in [-0.2, -0.15) is 0 Å². The summed E-state index contributed by atoms with van der Waals surface area (Å²) >= 11 is 0. The molecular formula is C18H15FN4O. The van der Waals surface area contributed by atoms with E-state index in [1.165, 1.54) is 24.3 Å². The molecule has 0 aliphatic carbocycles. The molecule has 0 bridgehead atoms. The minimum atomic E-state index is -0.381. The lowest BCUT2D eigenvalue weighted by molar-refractivity contribution is 0.102. The highest BCUT2D eigenvalue weighted by Crippen LogP contribution is 2.12. The molecule has 0 aliphatic heterocycles. The quantitative estimate of drug-likeness (QED) is 0.755. The SMILES string of the molecule is O=C(Nc1ccc(NCc2ccccn2)cn1)c1ccc(F)cc1. The molecule has 0 atom stereocenters. The van der Waals surface area contributed by atoms with Crippen molar-refractivity contribution < 1.29 is 9.18 Å². The summed E-state index contributed by atoms with van der Waals surface area (Å²) in [5.74, 6) is -0.294. The Hall–Kier alpha value is -3.28. The van der Waals surface area contributed by atoms with E-state index >= 15 is 0 Å². The molecule has 3 aromatic rings. The van der Waals surface area contributed by atoms with Gasteiger partial charge in [0, 0.05) is 11.8 Å². The van der Waals surface area contributed by atoms with Gasteiger partial charge < -0.3 is 10.6 Å². The predicted octanol–water partition coefficient (Wildman–Crippen LogP) is 3.48. The molecule has 0 radical (unpaired) electrons. The molecule has 0 unspecified atom stereocenters. The first-order valence-electron chi connectivity index (χ1n) is 7.37. The van der Waals surface area contributed by atoms with E-state index in [0.717, 1.165) is 11.4 Å². The largest absolute Gasteiger partial charge is 0.378 e. The number of pyridine rings is 2. The highest BCUT2D eigenvalue weighted by molar-refractivity contribution is 6.03. The van der Waals surface area contributed by atoms with Crippen molar-refractivity contribution in [3.8, 4) is 0 Å². The van der Waals surface area contributed by atoms with Crippen molar-refractivity contribution in [2.45, 2.75) is 6.54 Å². The van der Waals surface area contributed by atoms with Crippen LogP contribution >= 0.6 is 0 Å². The van der Waals surface area contributed by atoms with Gasteiger partial charge in [-0.25, -0.2) is 9.37 Å². The Bertz CT molecular complexity index is 805. The first-order chi connectivity index (χ1) is 11.7. The van der Waals surface area contributed by atoms with E-state index in [1.54, 1.807) is 18.5 Å². The van der Waals surface area contributed by atoms with Crippen molar-refractivity contribution >= 4 is 17.4 Å². The number of carbonyl (C=O) groups is 1. The molecule has 0 spiro atoms. The number of amides is 1. The van der Waals surface area contributed by atoms with Gasteiger partial charge in [0.15, 0.2) is 0 Å². The van der Waals surface area contributed by atoms with Gasteiger partial charge in [0.05, 0.1) is 24.1 Å². The van der Waals surface area contributed by atoms with E-state index in [0.29, 0.717) is 17.9 Å². The van der Waals surface area contributed by atoms with Gasteiger partial charge in [-0.1, -0.05) is 6.07 Å². The van der Waals surface area contributed by atoms with Crippen LogP contribution in [0.5, 0.6) is 0 Å². The first kappa shape index (κ1) is 15.6. The van der Waals surface area contributed by atoms with Crippen LogP contribution in [0.25, 0.3) is 0 Å². The maximum absolute atomic E-state index is 12.9. The molecule has 6 heteroatoms. The van der Waals surface area contributed by atoms with Crippen LogP contribution in [0.2, 0.25) is 0 Å². The minimum Gasteiger partial charge on any atom is -0.378 e. The van der Waals surface area contributed by atoms with Gasteiger partial charge in [-0.3, -0.25) is 9.78 Å². The summed E-state index contributed by atoms with van der Waals surface area (Å²) < 4.78 is 12.9. The second kappa shape index (κ2) is 7.32. The first-order valence-corrected chi connectivity index (χ1v) is 7.37. The fraction of sp³-hybridized carbons (Fsp3) is 0.0556. The fourth-order valence-corrected chi connectivity index (χ4v) is 2.06. The van der Waals surface area contributed by atoms with Crippen molar-refractivity contribution in [2.24, 2.45) is 0 Å². The maximum Gasteiger partial charge on any atom is 0.256 e. The number of nitrogens with zero attached hydrogens (tertiary/aromatic N) is 2. The van der Waals surface area contributed by atoms with Crippen molar-refractivity contribution in [2.75, 3.05) is 10.6 Å². The normalized spacial score (nSPS) is 10.2. The summed E-state index contributed by atoms with van der Waals surface area (Å²) in [6, 6.07) is 14.6. The van der Waals surface area contributed by atoms with Crippen molar-refractivity contribution in [1.82, 2.24) is 9.97 Å². The Kier molecular flexibility index (Phi) is 4.76. The number of benzene rings is 1. The van der Waals surface area contributed by atoms with Crippen LogP contribution in [-0.4, -0.2) is 15.9 Å². The number of rotatable bonds is 5. The molecule has 0 aliphatic rings. The van der Waals surface area contributed by atoms with E-state index in [1.807, 2.05) is 24.3 Å². The second-order valence-corrected chi connectivity index (χ2v) is 5.07. The summed E-state index contributed by atoms with van der Waals surface area (Å²) in [4.78, 5) is 20.4. The lowest BCUT2D eigenvalue weighted by atomic mass is 10.2. The number of halogens is 1. The number of aromatic nitrogens is 2. The van der Waals surface area contributed by atoms with Crippen LogP contribution in [0.4, 0.5) is 15.9 Å². The number of anilines is 2. The molecular weight excluding hydrogens is 307 g/mol. The van der Waals surface area contributed by atoms with Crippen molar-refractivity contribution in [1.29, 1.82) is 0 Å². The molecule has 0 saturated carbocycles. The standard InChI is InChI=1S/C18H15FN4O/c19-14-6-4-13(5-7-14)18(24)23-17-9-8-16(12-22-17)21-11-15-3-1-2-10-20-15/h1-10,12,21H,11H2,(H,22,23,24). The van der Waals surface area contributed by atoms with Crippen LogP contribution < -0.4 is 10.6 Å². The van der Waals surface area contributed by atoms with Gasteiger partial charge in [-0.05, 0) is 48.5 Å². The summed E-state index contributed by atoms with van der Waals surface area (Å²) in [6.45, 7) is 0.587. The molecule has 120 valence electrons. The zero-order chi connectivity index (χ0) is 16.8. The number of hydrogen-bond acceptors (Lipinski definition) is 4. The molecule has 0 saturated heterocycles. The van der Waals surface area contributed by atoms with Gasteiger partial charge >= 0.3 is 0 Å². The summed E-state index contributed by atoms with van der Waals surface area (Å²) in [7, 11) is 0. The predicted molar refractivity (Wildman–Crippen MR) is 90.2 cm³/mol. The monoisotopic (exact) mass is 322 g/mol. The van der Waals surface area contributed by atoms with E-state index in [2.05, 4.69) is 20.6 Å². The number of hydrogen-bond donors (Lipinski definition) is 2. The van der Waals surface area contributed by atoms with Crippen LogP contribution in [0.3, 0.4) is 0 Å². The molecule has 24 heavy (non-hydrogen) atoms. The summed E-state index contributed by atoms with van der Waals surface area (Å²) in [5.41, 5.74) is 2.11. The molecule has 5 nitrogen and oxygen atoms in total. The Labute approximate surface area is 138 Å². The van der Waals surface area contributed by atoms with E-state index in [-0.39, 0.29) is 11.7 Å². The van der Waals surface area contributed by atoms with Crippen LogP contribution in [-0.2, 0) is 6.54 Å². The van der Waals surface area contributed by atoms with Crippen LogP contribution in [0.15, 0.2) is 67.0 Å². The molecule has 0 fully saturated rings. The zero-order valence-corrected chi connectivity index (χ0v) is 12.7. The maximum atomic E-state index is 12.9. The van der Waals surface area contributed by atoms with Gasteiger partial charge in [0.1, 0.15) is 11.6 Å².